The summed E-state index contributed by atoms with van der Waals surface area (Å²) >= 11 is 1.61. The van der Waals surface area contributed by atoms with E-state index >= 15 is 0 Å². The summed E-state index contributed by atoms with van der Waals surface area (Å²) in [5.41, 5.74) is 0.713. The summed E-state index contributed by atoms with van der Waals surface area (Å²) in [6.45, 7) is 3.28. The van der Waals surface area contributed by atoms with Crippen molar-refractivity contribution in [1.29, 1.82) is 0 Å². The lowest BCUT2D eigenvalue weighted by Crippen LogP contribution is -2.35. The van der Waals surface area contributed by atoms with Gasteiger partial charge in [0.15, 0.2) is 0 Å². The van der Waals surface area contributed by atoms with Gasteiger partial charge in [0.2, 0.25) is 0 Å². The molecule has 0 aliphatic carbocycles. The van der Waals surface area contributed by atoms with Crippen LogP contribution in [0.3, 0.4) is 0 Å². The lowest BCUT2D eigenvalue weighted by Gasteiger charge is -2.26. The topological polar surface area (TPSA) is 41.5 Å². The van der Waals surface area contributed by atoms with Crippen molar-refractivity contribution >= 4 is 11.3 Å². The van der Waals surface area contributed by atoms with E-state index in [0.717, 1.165) is 37.4 Å². The summed E-state index contributed by atoms with van der Waals surface area (Å²) in [4.78, 5) is 2.13. The van der Waals surface area contributed by atoms with Gasteiger partial charge in [0.25, 0.3) is 0 Å². The summed E-state index contributed by atoms with van der Waals surface area (Å²) in [7, 11) is 0. The summed E-state index contributed by atoms with van der Waals surface area (Å²) in [5, 5.41) is 12.7. The largest absolute Gasteiger partial charge is 0.396 e. The quantitative estimate of drug-likeness (QED) is 0.814. The maximum Gasteiger partial charge on any atom is 0.131 e. The third-order valence-corrected chi connectivity index (χ3v) is 5.55. The van der Waals surface area contributed by atoms with Crippen LogP contribution in [-0.2, 0) is 11.3 Å². The molecule has 1 aromatic carbocycles. The Morgan fingerprint density at radius 2 is 2.13 bits per heavy atom. The Kier molecular flexibility index (Phi) is 5.43. The summed E-state index contributed by atoms with van der Waals surface area (Å²) < 4.78 is 19.3. The molecule has 0 radical (unpaired) electrons. The molecular weight excluding hydrogens is 313 g/mol. The van der Waals surface area contributed by atoms with Crippen LogP contribution in [0.1, 0.15) is 17.7 Å². The SMILES string of the molecule is OCCC1(CNCc2ccc(-c3ccccc3F)s2)CCOC1. The number of benzene rings is 1. The Bertz CT molecular complexity index is 637. The number of halogens is 1. The van der Waals surface area contributed by atoms with Crippen molar-refractivity contribution in [2.75, 3.05) is 26.4 Å². The molecule has 2 N–H and O–H groups in total. The van der Waals surface area contributed by atoms with Crippen LogP contribution >= 0.6 is 11.3 Å². The van der Waals surface area contributed by atoms with Crippen molar-refractivity contribution in [3.05, 3.63) is 47.1 Å². The van der Waals surface area contributed by atoms with E-state index in [1.807, 2.05) is 24.3 Å². The van der Waals surface area contributed by atoms with Crippen molar-refractivity contribution in [3.63, 3.8) is 0 Å². The molecule has 3 nitrogen and oxygen atoms in total. The van der Waals surface area contributed by atoms with Crippen molar-refractivity contribution in [2.24, 2.45) is 5.41 Å². The fourth-order valence-electron chi connectivity index (χ4n) is 3.04. The molecule has 0 spiro atoms. The molecule has 1 fully saturated rings. The summed E-state index contributed by atoms with van der Waals surface area (Å²) in [6, 6.07) is 10.9. The molecule has 1 saturated heterocycles. The number of hydrogen-bond donors (Lipinski definition) is 2. The van der Waals surface area contributed by atoms with E-state index < -0.39 is 0 Å². The van der Waals surface area contributed by atoms with Crippen LogP contribution < -0.4 is 5.32 Å². The van der Waals surface area contributed by atoms with Gasteiger partial charge in [0.05, 0.1) is 6.61 Å². The van der Waals surface area contributed by atoms with E-state index in [-0.39, 0.29) is 17.8 Å². The maximum atomic E-state index is 13.8. The summed E-state index contributed by atoms with van der Waals surface area (Å²) in [5.74, 6) is -0.182. The standard InChI is InChI=1S/C18H22FNO2S/c19-16-4-2-1-3-15(16)17-6-5-14(23-17)11-20-12-18(7-9-21)8-10-22-13-18/h1-6,20-21H,7-13H2. The van der Waals surface area contributed by atoms with Crippen molar-refractivity contribution < 1.29 is 14.2 Å². The van der Waals surface area contributed by atoms with E-state index in [0.29, 0.717) is 12.2 Å². The number of aliphatic hydroxyl groups excluding tert-OH is 1. The van der Waals surface area contributed by atoms with Crippen LogP contribution in [-0.4, -0.2) is 31.5 Å². The Morgan fingerprint density at radius 1 is 1.26 bits per heavy atom. The fourth-order valence-corrected chi connectivity index (χ4v) is 4.05. The second kappa shape index (κ2) is 7.53. The summed E-state index contributed by atoms with van der Waals surface area (Å²) in [6.07, 6.45) is 1.76. The molecule has 2 heterocycles. The Balaban J connectivity index is 1.58. The molecule has 3 rings (SSSR count). The van der Waals surface area contributed by atoms with Crippen molar-refractivity contribution in [2.45, 2.75) is 19.4 Å². The Labute approximate surface area is 140 Å². The van der Waals surface area contributed by atoms with E-state index in [2.05, 4.69) is 5.32 Å². The minimum Gasteiger partial charge on any atom is -0.396 e. The van der Waals surface area contributed by atoms with Crippen molar-refractivity contribution in [1.82, 2.24) is 5.32 Å². The predicted molar refractivity (Wildman–Crippen MR) is 91.0 cm³/mol. The second-order valence-electron chi connectivity index (χ2n) is 6.13. The lowest BCUT2D eigenvalue weighted by molar-refractivity contribution is 0.124. The van der Waals surface area contributed by atoms with Gasteiger partial charge in [-0.3, -0.25) is 0 Å². The van der Waals surface area contributed by atoms with Gasteiger partial charge in [0.1, 0.15) is 5.82 Å². The van der Waals surface area contributed by atoms with Crippen molar-refractivity contribution in [3.8, 4) is 10.4 Å². The molecule has 23 heavy (non-hydrogen) atoms. The highest BCUT2D eigenvalue weighted by Crippen LogP contribution is 2.32. The number of nitrogens with one attached hydrogen (secondary N) is 1. The third kappa shape index (κ3) is 3.98. The normalized spacial score (nSPS) is 21.0. The minimum absolute atomic E-state index is 0.0559. The molecule has 2 aromatic rings. The second-order valence-corrected chi connectivity index (χ2v) is 7.29. The van der Waals surface area contributed by atoms with Gasteiger partial charge in [-0.05, 0) is 31.0 Å². The van der Waals surface area contributed by atoms with Crippen LogP contribution in [0.15, 0.2) is 36.4 Å². The molecule has 1 aromatic heterocycles. The monoisotopic (exact) mass is 335 g/mol. The zero-order valence-electron chi connectivity index (χ0n) is 13.1. The number of rotatable bonds is 7. The highest BCUT2D eigenvalue weighted by atomic mass is 32.1. The molecule has 1 atom stereocenters. The number of aliphatic hydroxyl groups is 1. The molecule has 0 saturated carbocycles. The lowest BCUT2D eigenvalue weighted by atomic mass is 9.84. The first-order valence-electron chi connectivity index (χ1n) is 7.95. The highest BCUT2D eigenvalue weighted by Gasteiger charge is 2.33. The average Bonchev–Trinajstić information content (AvgIpc) is 3.19. The number of thiophene rings is 1. The van der Waals surface area contributed by atoms with Gasteiger partial charge < -0.3 is 15.2 Å². The zero-order valence-corrected chi connectivity index (χ0v) is 13.9. The van der Waals surface area contributed by atoms with Gasteiger partial charge in [0, 0.05) is 47.0 Å². The first kappa shape index (κ1) is 16.6. The van der Waals surface area contributed by atoms with E-state index in [4.69, 9.17) is 4.74 Å². The third-order valence-electron chi connectivity index (χ3n) is 4.43. The molecule has 1 unspecified atom stereocenters. The van der Waals surface area contributed by atoms with Crippen LogP contribution in [0.25, 0.3) is 10.4 Å². The first-order chi connectivity index (χ1) is 11.2. The first-order valence-corrected chi connectivity index (χ1v) is 8.77. The van der Waals surface area contributed by atoms with Gasteiger partial charge in [-0.1, -0.05) is 18.2 Å². The zero-order chi connectivity index (χ0) is 16.1. The molecule has 0 amide bonds. The number of hydrogen-bond acceptors (Lipinski definition) is 4. The van der Waals surface area contributed by atoms with E-state index in [9.17, 15) is 9.50 Å². The molecule has 5 heteroatoms. The van der Waals surface area contributed by atoms with Crippen LogP contribution in [0.2, 0.25) is 0 Å². The Hall–Kier alpha value is -1.27. The molecule has 1 aliphatic heterocycles. The van der Waals surface area contributed by atoms with Gasteiger partial charge in [-0.2, -0.15) is 0 Å². The van der Waals surface area contributed by atoms with E-state index in [1.165, 1.54) is 10.9 Å². The molecule has 124 valence electrons. The molecule has 1 aliphatic rings. The van der Waals surface area contributed by atoms with E-state index in [1.54, 1.807) is 17.4 Å². The van der Waals surface area contributed by atoms with Gasteiger partial charge >= 0.3 is 0 Å². The maximum absolute atomic E-state index is 13.8. The molecular formula is C18H22FNO2S. The van der Waals surface area contributed by atoms with Crippen LogP contribution in [0.4, 0.5) is 4.39 Å². The predicted octanol–water partition coefficient (Wildman–Crippen LogP) is 3.43. The van der Waals surface area contributed by atoms with Crippen LogP contribution in [0, 0.1) is 11.2 Å². The fraction of sp³-hybridized carbons (Fsp3) is 0.444. The average molecular weight is 335 g/mol. The molecule has 0 bridgehead atoms. The number of ether oxygens (including phenoxy) is 1. The van der Waals surface area contributed by atoms with Gasteiger partial charge in [-0.25, -0.2) is 4.39 Å². The Morgan fingerprint density at radius 3 is 2.87 bits per heavy atom. The van der Waals surface area contributed by atoms with Gasteiger partial charge in [-0.15, -0.1) is 11.3 Å². The highest BCUT2D eigenvalue weighted by molar-refractivity contribution is 7.15. The minimum atomic E-state index is -0.182. The van der Waals surface area contributed by atoms with Crippen LogP contribution in [0.5, 0.6) is 0 Å². The smallest absolute Gasteiger partial charge is 0.131 e.